The quantitative estimate of drug-likeness (QED) is 0.697. The number of piperidine rings is 1. The highest BCUT2D eigenvalue weighted by molar-refractivity contribution is 4.93. The van der Waals surface area contributed by atoms with Gasteiger partial charge in [-0.15, -0.1) is 0 Å². The summed E-state index contributed by atoms with van der Waals surface area (Å²) in [5.41, 5.74) is -0.117. The molecule has 1 N–H and O–H groups in total. The highest BCUT2D eigenvalue weighted by atomic mass is 16.5. The van der Waals surface area contributed by atoms with Gasteiger partial charge in [0.25, 0.3) is 0 Å². The van der Waals surface area contributed by atoms with Gasteiger partial charge in [0.1, 0.15) is 0 Å². The van der Waals surface area contributed by atoms with Crippen LogP contribution in [0.4, 0.5) is 0 Å². The second kappa shape index (κ2) is 7.34. The molecule has 102 valence electrons. The van der Waals surface area contributed by atoms with Crippen molar-refractivity contribution in [1.82, 2.24) is 4.90 Å². The van der Waals surface area contributed by atoms with E-state index >= 15 is 0 Å². The molecule has 0 spiro atoms. The van der Waals surface area contributed by atoms with Crippen LogP contribution < -0.4 is 0 Å². The molecule has 3 heteroatoms. The van der Waals surface area contributed by atoms with Gasteiger partial charge in [0.05, 0.1) is 12.7 Å². The summed E-state index contributed by atoms with van der Waals surface area (Å²) in [6.07, 6.45) is 5.47. The minimum absolute atomic E-state index is 0.117. The highest BCUT2D eigenvalue weighted by Crippen LogP contribution is 2.27. The molecule has 0 aromatic heterocycles. The van der Waals surface area contributed by atoms with E-state index in [1.54, 1.807) is 0 Å². The Morgan fingerprint density at radius 2 is 1.88 bits per heavy atom. The molecule has 0 aliphatic carbocycles. The number of rotatable bonds is 7. The fourth-order valence-electron chi connectivity index (χ4n) is 2.59. The molecule has 2 unspecified atom stereocenters. The molecule has 1 aliphatic rings. The van der Waals surface area contributed by atoms with Crippen molar-refractivity contribution in [1.29, 1.82) is 0 Å². The van der Waals surface area contributed by atoms with Gasteiger partial charge >= 0.3 is 0 Å². The minimum atomic E-state index is -0.378. The van der Waals surface area contributed by atoms with Gasteiger partial charge in [0.2, 0.25) is 0 Å². The number of ether oxygens (including phenoxy) is 1. The maximum absolute atomic E-state index is 10.4. The van der Waals surface area contributed by atoms with E-state index in [2.05, 4.69) is 25.7 Å². The number of hydrogen-bond donors (Lipinski definition) is 1. The summed E-state index contributed by atoms with van der Waals surface area (Å²) in [5, 5.41) is 10.4. The maximum Gasteiger partial charge on any atom is 0.0953 e. The summed E-state index contributed by atoms with van der Waals surface area (Å²) in [5.74, 6) is 0. The van der Waals surface area contributed by atoms with E-state index in [-0.39, 0.29) is 11.6 Å². The van der Waals surface area contributed by atoms with Crippen LogP contribution in [-0.4, -0.2) is 48.0 Å². The van der Waals surface area contributed by atoms with Gasteiger partial charge in [-0.1, -0.05) is 20.3 Å². The monoisotopic (exact) mass is 243 g/mol. The van der Waals surface area contributed by atoms with Crippen LogP contribution in [0.1, 0.15) is 52.9 Å². The Morgan fingerprint density at radius 1 is 1.24 bits per heavy atom. The van der Waals surface area contributed by atoms with Crippen molar-refractivity contribution in [3.8, 4) is 0 Å². The molecule has 1 heterocycles. The molecule has 1 saturated heterocycles. The largest absolute Gasteiger partial charge is 0.389 e. The third-order valence-electron chi connectivity index (χ3n) is 4.14. The summed E-state index contributed by atoms with van der Waals surface area (Å²) in [6, 6.07) is 0. The molecule has 1 aliphatic heterocycles. The summed E-state index contributed by atoms with van der Waals surface area (Å²) in [7, 11) is 0. The van der Waals surface area contributed by atoms with Crippen molar-refractivity contribution in [2.24, 2.45) is 0 Å². The van der Waals surface area contributed by atoms with Crippen molar-refractivity contribution in [2.75, 3.05) is 26.3 Å². The Hall–Kier alpha value is -0.120. The zero-order valence-electron chi connectivity index (χ0n) is 11.7. The van der Waals surface area contributed by atoms with E-state index in [9.17, 15) is 5.11 Å². The molecule has 0 aromatic carbocycles. The van der Waals surface area contributed by atoms with E-state index < -0.39 is 0 Å². The van der Waals surface area contributed by atoms with E-state index in [1.165, 1.54) is 19.3 Å². The SMILES string of the molecule is CCCOCC(O)C(C)(CC)N1CCCCC1. The van der Waals surface area contributed by atoms with Crippen LogP contribution in [0.25, 0.3) is 0 Å². The Bertz CT molecular complexity index is 204. The molecular weight excluding hydrogens is 214 g/mol. The number of aliphatic hydroxyl groups is 1. The molecule has 17 heavy (non-hydrogen) atoms. The van der Waals surface area contributed by atoms with Gasteiger partial charge in [-0.2, -0.15) is 0 Å². The first kappa shape index (κ1) is 14.9. The Morgan fingerprint density at radius 3 is 2.41 bits per heavy atom. The van der Waals surface area contributed by atoms with Gasteiger partial charge in [-0.25, -0.2) is 0 Å². The summed E-state index contributed by atoms with van der Waals surface area (Å²) < 4.78 is 5.51. The standard InChI is InChI=1S/C14H29NO2/c1-4-11-17-12-13(16)14(3,5-2)15-9-7-6-8-10-15/h13,16H,4-12H2,1-3H3. The summed E-state index contributed by atoms with van der Waals surface area (Å²) >= 11 is 0. The molecule has 0 aromatic rings. The van der Waals surface area contributed by atoms with E-state index in [0.29, 0.717) is 6.61 Å². The predicted molar refractivity (Wildman–Crippen MR) is 71.2 cm³/mol. The van der Waals surface area contributed by atoms with Crippen LogP contribution in [0.5, 0.6) is 0 Å². The fourth-order valence-corrected chi connectivity index (χ4v) is 2.59. The normalized spacial score (nSPS) is 23.3. The molecule has 3 nitrogen and oxygen atoms in total. The first-order chi connectivity index (χ1) is 8.15. The average molecular weight is 243 g/mol. The number of aliphatic hydroxyl groups excluding tert-OH is 1. The van der Waals surface area contributed by atoms with Crippen molar-refractivity contribution in [3.05, 3.63) is 0 Å². The van der Waals surface area contributed by atoms with Crippen LogP contribution in [0.2, 0.25) is 0 Å². The van der Waals surface area contributed by atoms with Crippen molar-refractivity contribution in [2.45, 2.75) is 64.5 Å². The van der Waals surface area contributed by atoms with E-state index in [0.717, 1.165) is 32.5 Å². The lowest BCUT2D eigenvalue weighted by molar-refractivity contribution is -0.0725. The molecule has 0 saturated carbocycles. The lowest BCUT2D eigenvalue weighted by Crippen LogP contribution is -2.57. The van der Waals surface area contributed by atoms with E-state index in [1.807, 2.05) is 0 Å². The summed E-state index contributed by atoms with van der Waals surface area (Å²) in [4.78, 5) is 2.45. The predicted octanol–water partition coefficient (Wildman–Crippen LogP) is 2.43. The Balaban J connectivity index is 2.52. The van der Waals surface area contributed by atoms with Crippen LogP contribution >= 0.6 is 0 Å². The molecule has 0 amide bonds. The average Bonchev–Trinajstić information content (AvgIpc) is 2.39. The maximum atomic E-state index is 10.4. The smallest absolute Gasteiger partial charge is 0.0953 e. The lowest BCUT2D eigenvalue weighted by Gasteiger charge is -2.45. The van der Waals surface area contributed by atoms with Crippen LogP contribution in [0.3, 0.4) is 0 Å². The van der Waals surface area contributed by atoms with E-state index in [4.69, 9.17) is 4.74 Å². The third-order valence-corrected chi connectivity index (χ3v) is 4.14. The van der Waals surface area contributed by atoms with Crippen LogP contribution in [-0.2, 0) is 4.74 Å². The third kappa shape index (κ3) is 3.94. The topological polar surface area (TPSA) is 32.7 Å². The van der Waals surface area contributed by atoms with Gasteiger partial charge in [0, 0.05) is 12.1 Å². The first-order valence-electron chi connectivity index (χ1n) is 7.16. The molecule has 1 rings (SSSR count). The Labute approximate surface area is 106 Å². The second-order valence-corrected chi connectivity index (χ2v) is 5.35. The first-order valence-corrected chi connectivity index (χ1v) is 7.16. The van der Waals surface area contributed by atoms with Crippen LogP contribution in [0, 0.1) is 0 Å². The molecule has 0 radical (unpaired) electrons. The lowest BCUT2D eigenvalue weighted by atomic mass is 9.88. The molecule has 2 atom stereocenters. The van der Waals surface area contributed by atoms with Gasteiger partial charge in [-0.05, 0) is 45.7 Å². The second-order valence-electron chi connectivity index (χ2n) is 5.35. The zero-order chi connectivity index (χ0) is 12.7. The zero-order valence-corrected chi connectivity index (χ0v) is 11.7. The number of nitrogens with zero attached hydrogens (tertiary/aromatic N) is 1. The number of likely N-dealkylation sites (tertiary alicyclic amines) is 1. The van der Waals surface area contributed by atoms with Crippen molar-refractivity contribution in [3.63, 3.8) is 0 Å². The molecular formula is C14H29NO2. The highest BCUT2D eigenvalue weighted by Gasteiger charge is 2.37. The fraction of sp³-hybridized carbons (Fsp3) is 1.00. The summed E-state index contributed by atoms with van der Waals surface area (Å²) in [6.45, 7) is 9.89. The minimum Gasteiger partial charge on any atom is -0.389 e. The van der Waals surface area contributed by atoms with Crippen molar-refractivity contribution < 1.29 is 9.84 Å². The Kier molecular flexibility index (Phi) is 6.45. The van der Waals surface area contributed by atoms with Gasteiger partial charge < -0.3 is 9.84 Å². The molecule has 1 fully saturated rings. The number of hydrogen-bond acceptors (Lipinski definition) is 3. The van der Waals surface area contributed by atoms with Gasteiger partial charge in [0.15, 0.2) is 0 Å². The molecule has 0 bridgehead atoms. The van der Waals surface area contributed by atoms with Crippen LogP contribution in [0.15, 0.2) is 0 Å². The van der Waals surface area contributed by atoms with Gasteiger partial charge in [-0.3, -0.25) is 4.90 Å². The van der Waals surface area contributed by atoms with Crippen molar-refractivity contribution >= 4 is 0 Å².